The van der Waals surface area contributed by atoms with E-state index in [4.69, 9.17) is 0 Å². The fourth-order valence-electron chi connectivity index (χ4n) is 2.30. The zero-order chi connectivity index (χ0) is 14.1. The van der Waals surface area contributed by atoms with Crippen molar-refractivity contribution in [3.8, 4) is 0 Å². The highest BCUT2D eigenvalue weighted by molar-refractivity contribution is 6.13. The van der Waals surface area contributed by atoms with Gasteiger partial charge in [0.05, 0.1) is 12.3 Å². The molecular formula is C16H13N5. The van der Waals surface area contributed by atoms with Crippen molar-refractivity contribution >= 4 is 5.71 Å². The van der Waals surface area contributed by atoms with Gasteiger partial charge in [-0.05, 0) is 16.3 Å². The molecule has 0 aliphatic carbocycles. The third-order valence-corrected chi connectivity index (χ3v) is 3.41. The van der Waals surface area contributed by atoms with Gasteiger partial charge in [0.25, 0.3) is 0 Å². The van der Waals surface area contributed by atoms with Crippen LogP contribution in [0, 0.1) is 0 Å². The van der Waals surface area contributed by atoms with Gasteiger partial charge in [-0.15, -0.1) is 10.2 Å². The lowest BCUT2D eigenvalue weighted by atomic mass is 10.1. The van der Waals surface area contributed by atoms with Crippen molar-refractivity contribution in [3.05, 3.63) is 77.6 Å². The van der Waals surface area contributed by atoms with Crippen LogP contribution in [-0.4, -0.2) is 25.9 Å². The number of aliphatic imine (C=N–C) groups is 1. The first-order chi connectivity index (χ1) is 10.4. The molecule has 0 bridgehead atoms. The normalized spacial score (nSPS) is 16.6. The third kappa shape index (κ3) is 2.45. The van der Waals surface area contributed by atoms with Crippen molar-refractivity contribution in [2.45, 2.75) is 12.6 Å². The van der Waals surface area contributed by atoms with Gasteiger partial charge >= 0.3 is 0 Å². The van der Waals surface area contributed by atoms with Gasteiger partial charge in [0.2, 0.25) is 5.82 Å². The van der Waals surface area contributed by atoms with Gasteiger partial charge in [-0.1, -0.05) is 60.7 Å². The van der Waals surface area contributed by atoms with Crippen LogP contribution in [0.2, 0.25) is 0 Å². The van der Waals surface area contributed by atoms with Crippen LogP contribution < -0.4 is 0 Å². The van der Waals surface area contributed by atoms with E-state index in [1.807, 2.05) is 60.7 Å². The van der Waals surface area contributed by atoms with Crippen molar-refractivity contribution in [1.82, 2.24) is 20.2 Å². The average Bonchev–Trinajstić information content (AvgIpc) is 3.22. The minimum absolute atomic E-state index is 0.0306. The smallest absolute Gasteiger partial charge is 0.205 e. The van der Waals surface area contributed by atoms with E-state index < -0.39 is 0 Å². The largest absolute Gasteiger partial charge is 0.268 e. The van der Waals surface area contributed by atoms with Crippen LogP contribution in [0.4, 0.5) is 0 Å². The molecule has 0 amide bonds. The molecule has 1 aliphatic heterocycles. The maximum absolute atomic E-state index is 4.45. The second kappa shape index (κ2) is 4.94. The standard InChI is InChI=1S/C16H13N5/c1-3-7-12(8-4-1)11-21-19-16(18-20-21)15-14(17-15)13-9-5-2-6-10-13/h1-10,15H,11H2. The van der Waals surface area contributed by atoms with Crippen LogP contribution in [0.3, 0.4) is 0 Å². The molecule has 0 spiro atoms. The molecule has 21 heavy (non-hydrogen) atoms. The van der Waals surface area contributed by atoms with Gasteiger partial charge in [0.15, 0.2) is 6.04 Å². The summed E-state index contributed by atoms with van der Waals surface area (Å²) in [7, 11) is 0. The number of nitrogens with zero attached hydrogens (tertiary/aromatic N) is 5. The minimum Gasteiger partial charge on any atom is -0.268 e. The molecule has 0 radical (unpaired) electrons. The molecule has 102 valence electrons. The Kier molecular flexibility index (Phi) is 2.81. The molecule has 1 aliphatic rings. The fourth-order valence-corrected chi connectivity index (χ4v) is 2.30. The Hall–Kier alpha value is -2.82. The molecule has 1 unspecified atom stereocenters. The van der Waals surface area contributed by atoms with Crippen LogP contribution in [0.1, 0.15) is 23.0 Å². The summed E-state index contributed by atoms with van der Waals surface area (Å²) in [5, 5.41) is 12.6. The Morgan fingerprint density at radius 3 is 2.38 bits per heavy atom. The molecule has 4 rings (SSSR count). The predicted octanol–water partition coefficient (Wildman–Crippen LogP) is 2.27. The minimum atomic E-state index is -0.0306. The summed E-state index contributed by atoms with van der Waals surface area (Å²) in [5.41, 5.74) is 3.32. The molecule has 3 aromatic rings. The fraction of sp³-hybridized carbons (Fsp3) is 0.125. The molecule has 0 saturated carbocycles. The lowest BCUT2D eigenvalue weighted by molar-refractivity contribution is 0.570. The van der Waals surface area contributed by atoms with Crippen LogP contribution in [0.15, 0.2) is 65.7 Å². The summed E-state index contributed by atoms with van der Waals surface area (Å²) in [6.45, 7) is 0.626. The van der Waals surface area contributed by atoms with E-state index in [1.54, 1.807) is 4.80 Å². The predicted molar refractivity (Wildman–Crippen MR) is 79.1 cm³/mol. The van der Waals surface area contributed by atoms with Crippen molar-refractivity contribution in [3.63, 3.8) is 0 Å². The third-order valence-electron chi connectivity index (χ3n) is 3.41. The maximum atomic E-state index is 4.45. The number of rotatable bonds is 4. The molecule has 5 heteroatoms. The number of benzene rings is 2. The van der Waals surface area contributed by atoms with Crippen LogP contribution >= 0.6 is 0 Å². The van der Waals surface area contributed by atoms with Crippen LogP contribution in [0.5, 0.6) is 0 Å². The van der Waals surface area contributed by atoms with E-state index in [2.05, 4.69) is 20.4 Å². The molecule has 5 nitrogen and oxygen atoms in total. The van der Waals surface area contributed by atoms with Gasteiger partial charge in [-0.3, -0.25) is 4.99 Å². The van der Waals surface area contributed by atoms with Crippen molar-refractivity contribution in [2.75, 3.05) is 0 Å². The van der Waals surface area contributed by atoms with Gasteiger partial charge in [0.1, 0.15) is 0 Å². The Bertz CT molecular complexity index is 777. The van der Waals surface area contributed by atoms with E-state index in [0.29, 0.717) is 12.4 Å². The summed E-state index contributed by atoms with van der Waals surface area (Å²) >= 11 is 0. The number of tetrazole rings is 1. The monoisotopic (exact) mass is 275 g/mol. The summed E-state index contributed by atoms with van der Waals surface area (Å²) < 4.78 is 0. The second-order valence-electron chi connectivity index (χ2n) is 4.95. The van der Waals surface area contributed by atoms with Gasteiger partial charge < -0.3 is 0 Å². The summed E-state index contributed by atoms with van der Waals surface area (Å²) in [6, 6.07) is 20.2. The molecule has 0 N–H and O–H groups in total. The van der Waals surface area contributed by atoms with Crippen LogP contribution in [-0.2, 0) is 6.54 Å². The summed E-state index contributed by atoms with van der Waals surface area (Å²) in [6.07, 6.45) is 0. The first kappa shape index (κ1) is 12.0. The van der Waals surface area contributed by atoms with Crippen molar-refractivity contribution in [1.29, 1.82) is 0 Å². The Morgan fingerprint density at radius 1 is 0.905 bits per heavy atom. The highest BCUT2D eigenvalue weighted by atomic mass is 15.6. The molecule has 1 atom stereocenters. The van der Waals surface area contributed by atoms with Crippen molar-refractivity contribution < 1.29 is 0 Å². The van der Waals surface area contributed by atoms with E-state index in [-0.39, 0.29) is 6.04 Å². The molecule has 1 aromatic heterocycles. The highest BCUT2D eigenvalue weighted by Crippen LogP contribution is 2.32. The lowest BCUT2D eigenvalue weighted by Gasteiger charge is -1.97. The average molecular weight is 275 g/mol. The lowest BCUT2D eigenvalue weighted by Crippen LogP contribution is -2.04. The quantitative estimate of drug-likeness (QED) is 0.734. The SMILES string of the molecule is c1ccc(Cn2nnc(C3N=C3c3ccccc3)n2)cc1. The van der Waals surface area contributed by atoms with E-state index >= 15 is 0 Å². The van der Waals surface area contributed by atoms with Crippen LogP contribution in [0.25, 0.3) is 0 Å². The summed E-state index contributed by atoms with van der Waals surface area (Å²) in [4.78, 5) is 6.07. The Labute approximate surface area is 122 Å². The zero-order valence-corrected chi connectivity index (χ0v) is 11.3. The molecule has 2 aromatic carbocycles. The van der Waals surface area contributed by atoms with E-state index in [9.17, 15) is 0 Å². The van der Waals surface area contributed by atoms with Gasteiger partial charge in [-0.2, -0.15) is 4.80 Å². The first-order valence-electron chi connectivity index (χ1n) is 6.85. The molecule has 0 fully saturated rings. The van der Waals surface area contributed by atoms with Gasteiger partial charge in [-0.25, -0.2) is 0 Å². The Balaban J connectivity index is 1.47. The maximum Gasteiger partial charge on any atom is 0.205 e. The van der Waals surface area contributed by atoms with E-state index in [0.717, 1.165) is 16.8 Å². The number of hydrogen-bond donors (Lipinski definition) is 0. The first-order valence-corrected chi connectivity index (χ1v) is 6.85. The molecule has 0 saturated heterocycles. The van der Waals surface area contributed by atoms with Crippen molar-refractivity contribution in [2.24, 2.45) is 4.99 Å². The Morgan fingerprint density at radius 2 is 1.62 bits per heavy atom. The highest BCUT2D eigenvalue weighted by Gasteiger charge is 2.34. The second-order valence-corrected chi connectivity index (χ2v) is 4.95. The number of hydrogen-bond acceptors (Lipinski definition) is 4. The number of aromatic nitrogens is 4. The molecule has 2 heterocycles. The molecular weight excluding hydrogens is 262 g/mol. The topological polar surface area (TPSA) is 56.0 Å². The van der Waals surface area contributed by atoms with Gasteiger partial charge in [0, 0.05) is 0 Å². The van der Waals surface area contributed by atoms with E-state index in [1.165, 1.54) is 0 Å². The zero-order valence-electron chi connectivity index (χ0n) is 11.3. The summed E-state index contributed by atoms with van der Waals surface area (Å²) in [5.74, 6) is 0.671.